The van der Waals surface area contributed by atoms with Crippen LogP contribution in [-0.4, -0.2) is 37.2 Å². The minimum atomic E-state index is -0.220. The van der Waals surface area contributed by atoms with Crippen LogP contribution in [0, 0.1) is 6.92 Å². The lowest BCUT2D eigenvalue weighted by atomic mass is 9.99. The highest BCUT2D eigenvalue weighted by Crippen LogP contribution is 2.30. The van der Waals surface area contributed by atoms with Crippen molar-refractivity contribution in [2.75, 3.05) is 0 Å². The summed E-state index contributed by atoms with van der Waals surface area (Å²) in [6.45, 7) is 6.13. The van der Waals surface area contributed by atoms with Crippen LogP contribution < -0.4 is 5.32 Å². The van der Waals surface area contributed by atoms with E-state index in [1.807, 2.05) is 51.1 Å². The minimum Gasteiger partial charge on any atom is -0.369 e. The Morgan fingerprint density at radius 3 is 2.85 bits per heavy atom. The van der Waals surface area contributed by atoms with Crippen LogP contribution in [0.2, 0.25) is 0 Å². The van der Waals surface area contributed by atoms with Crippen LogP contribution in [0.1, 0.15) is 53.1 Å². The minimum absolute atomic E-state index is 0.0599. The molecule has 27 heavy (non-hydrogen) atoms. The normalized spacial score (nSPS) is 18.9. The van der Waals surface area contributed by atoms with Gasteiger partial charge in [-0.15, -0.1) is 0 Å². The standard InChI is InChI=1S/C19H22N6O2/c1-11-9-15-17(13(3)27-11)21-22-18(15)19(26)20-10-16-12(2)23-25(24-16)14-7-5-4-6-8-14/h4-8,11,13H,9-10H2,1-3H3,(H,20,26)(H,21,22)/t11-,13+/m1/s1. The smallest absolute Gasteiger partial charge is 0.272 e. The lowest BCUT2D eigenvalue weighted by Gasteiger charge is -2.25. The zero-order chi connectivity index (χ0) is 19.0. The summed E-state index contributed by atoms with van der Waals surface area (Å²) >= 11 is 0. The van der Waals surface area contributed by atoms with Crippen LogP contribution in [0.25, 0.3) is 5.69 Å². The number of H-pyrrole nitrogens is 1. The van der Waals surface area contributed by atoms with Crippen molar-refractivity contribution in [1.29, 1.82) is 0 Å². The molecule has 0 radical (unpaired) electrons. The number of nitrogens with one attached hydrogen (secondary N) is 2. The van der Waals surface area contributed by atoms with E-state index in [1.165, 1.54) is 0 Å². The number of para-hydroxylation sites is 1. The van der Waals surface area contributed by atoms with Crippen molar-refractivity contribution in [3.8, 4) is 5.69 Å². The van der Waals surface area contributed by atoms with E-state index in [0.29, 0.717) is 18.7 Å². The summed E-state index contributed by atoms with van der Waals surface area (Å²) in [6.07, 6.45) is 0.637. The van der Waals surface area contributed by atoms with Crippen molar-refractivity contribution in [3.63, 3.8) is 0 Å². The molecule has 3 heterocycles. The number of rotatable bonds is 4. The van der Waals surface area contributed by atoms with Gasteiger partial charge in [0.1, 0.15) is 5.69 Å². The summed E-state index contributed by atoms with van der Waals surface area (Å²) in [5.41, 5.74) is 4.62. The highest BCUT2D eigenvalue weighted by molar-refractivity contribution is 5.94. The predicted molar refractivity (Wildman–Crippen MR) is 98.5 cm³/mol. The molecule has 0 bridgehead atoms. The molecule has 3 aromatic rings. The van der Waals surface area contributed by atoms with Gasteiger partial charge in [0.15, 0.2) is 5.69 Å². The van der Waals surface area contributed by atoms with Gasteiger partial charge in [0.2, 0.25) is 0 Å². The van der Waals surface area contributed by atoms with E-state index in [1.54, 1.807) is 4.80 Å². The summed E-state index contributed by atoms with van der Waals surface area (Å²) in [5, 5.41) is 19.0. The molecule has 4 rings (SSSR count). The van der Waals surface area contributed by atoms with Crippen molar-refractivity contribution in [2.24, 2.45) is 0 Å². The van der Waals surface area contributed by atoms with Crippen LogP contribution in [0.3, 0.4) is 0 Å². The first-order valence-electron chi connectivity index (χ1n) is 9.02. The number of amides is 1. The fourth-order valence-corrected chi connectivity index (χ4v) is 3.36. The third-order valence-electron chi connectivity index (χ3n) is 4.73. The second-order valence-corrected chi connectivity index (χ2v) is 6.80. The highest BCUT2D eigenvalue weighted by atomic mass is 16.5. The highest BCUT2D eigenvalue weighted by Gasteiger charge is 2.29. The molecule has 2 N–H and O–H groups in total. The Morgan fingerprint density at radius 2 is 2.07 bits per heavy atom. The fourth-order valence-electron chi connectivity index (χ4n) is 3.36. The van der Waals surface area contributed by atoms with Gasteiger partial charge >= 0.3 is 0 Å². The monoisotopic (exact) mass is 366 g/mol. The zero-order valence-corrected chi connectivity index (χ0v) is 15.6. The third kappa shape index (κ3) is 3.35. The van der Waals surface area contributed by atoms with Crippen LogP contribution >= 0.6 is 0 Å². The van der Waals surface area contributed by atoms with E-state index in [0.717, 1.165) is 28.3 Å². The number of hydrogen-bond acceptors (Lipinski definition) is 5. The first-order chi connectivity index (χ1) is 13.0. The Balaban J connectivity index is 1.49. The predicted octanol–water partition coefficient (Wildman–Crippen LogP) is 2.25. The topological polar surface area (TPSA) is 97.7 Å². The maximum atomic E-state index is 12.7. The maximum absolute atomic E-state index is 12.7. The molecule has 0 fully saturated rings. The number of benzene rings is 1. The average molecular weight is 366 g/mol. The van der Waals surface area contributed by atoms with Crippen molar-refractivity contribution in [3.05, 3.63) is 58.7 Å². The number of hydrogen-bond donors (Lipinski definition) is 2. The molecule has 0 saturated carbocycles. The molecule has 2 atom stereocenters. The largest absolute Gasteiger partial charge is 0.369 e. The van der Waals surface area contributed by atoms with Crippen molar-refractivity contribution in [1.82, 2.24) is 30.5 Å². The molecule has 0 unspecified atom stereocenters. The second-order valence-electron chi connectivity index (χ2n) is 6.80. The van der Waals surface area contributed by atoms with Gasteiger partial charge in [-0.3, -0.25) is 9.89 Å². The number of ether oxygens (including phenoxy) is 1. The van der Waals surface area contributed by atoms with E-state index in [-0.39, 0.29) is 18.1 Å². The Hall–Kier alpha value is -3.00. The van der Waals surface area contributed by atoms with E-state index < -0.39 is 0 Å². The number of fused-ring (bicyclic) bond motifs is 1. The molecule has 8 heteroatoms. The number of aromatic amines is 1. The number of aryl methyl sites for hydroxylation is 1. The summed E-state index contributed by atoms with van der Waals surface area (Å²) in [4.78, 5) is 14.2. The Labute approximate surface area is 156 Å². The molecule has 1 aliphatic heterocycles. The van der Waals surface area contributed by atoms with Gasteiger partial charge in [0.25, 0.3) is 5.91 Å². The molecule has 2 aromatic heterocycles. The fraction of sp³-hybridized carbons (Fsp3) is 0.368. The van der Waals surface area contributed by atoms with Gasteiger partial charge in [-0.05, 0) is 32.9 Å². The maximum Gasteiger partial charge on any atom is 0.272 e. The molecule has 8 nitrogen and oxygen atoms in total. The average Bonchev–Trinajstić information content (AvgIpc) is 3.24. The Morgan fingerprint density at radius 1 is 1.30 bits per heavy atom. The lowest BCUT2D eigenvalue weighted by Crippen LogP contribution is -2.27. The second kappa shape index (κ2) is 6.96. The third-order valence-corrected chi connectivity index (χ3v) is 4.73. The van der Waals surface area contributed by atoms with Crippen LogP contribution in [0.5, 0.6) is 0 Å². The van der Waals surface area contributed by atoms with E-state index >= 15 is 0 Å². The van der Waals surface area contributed by atoms with Gasteiger partial charge in [0, 0.05) is 12.0 Å². The molecule has 140 valence electrons. The van der Waals surface area contributed by atoms with Crippen LogP contribution in [0.4, 0.5) is 0 Å². The molecule has 1 amide bonds. The molecule has 1 aromatic carbocycles. The van der Waals surface area contributed by atoms with E-state index in [9.17, 15) is 4.79 Å². The number of aromatic nitrogens is 5. The summed E-state index contributed by atoms with van der Waals surface area (Å²) < 4.78 is 5.77. The summed E-state index contributed by atoms with van der Waals surface area (Å²) in [5.74, 6) is -0.220. The van der Waals surface area contributed by atoms with Crippen LogP contribution in [0.15, 0.2) is 30.3 Å². The summed E-state index contributed by atoms with van der Waals surface area (Å²) in [7, 11) is 0. The van der Waals surface area contributed by atoms with Crippen molar-refractivity contribution >= 4 is 5.91 Å². The first kappa shape index (κ1) is 17.4. The lowest BCUT2D eigenvalue weighted by molar-refractivity contribution is -0.00697. The van der Waals surface area contributed by atoms with Crippen molar-refractivity contribution < 1.29 is 9.53 Å². The van der Waals surface area contributed by atoms with Gasteiger partial charge in [0.05, 0.1) is 35.8 Å². The van der Waals surface area contributed by atoms with Crippen LogP contribution in [-0.2, 0) is 17.7 Å². The Bertz CT molecular complexity index is 962. The molecule has 1 aliphatic rings. The van der Waals surface area contributed by atoms with Gasteiger partial charge in [-0.1, -0.05) is 18.2 Å². The molecular weight excluding hydrogens is 344 g/mol. The van der Waals surface area contributed by atoms with Crippen molar-refractivity contribution in [2.45, 2.75) is 45.9 Å². The molecule has 0 saturated heterocycles. The molecular formula is C19H22N6O2. The zero-order valence-electron chi connectivity index (χ0n) is 15.6. The Kier molecular flexibility index (Phi) is 4.49. The molecule has 0 spiro atoms. The quantitative estimate of drug-likeness (QED) is 0.738. The van der Waals surface area contributed by atoms with Gasteiger partial charge in [-0.2, -0.15) is 20.1 Å². The molecule has 0 aliphatic carbocycles. The SMILES string of the molecule is Cc1nn(-c2ccccc2)nc1CNC(=O)c1n[nH]c2c1C[C@@H](C)O[C@H]2C. The van der Waals surface area contributed by atoms with E-state index in [4.69, 9.17) is 4.74 Å². The van der Waals surface area contributed by atoms with Gasteiger partial charge < -0.3 is 10.1 Å². The summed E-state index contributed by atoms with van der Waals surface area (Å²) in [6, 6.07) is 9.67. The number of carbonyl (C=O) groups is 1. The van der Waals surface area contributed by atoms with E-state index in [2.05, 4.69) is 25.7 Å². The number of carbonyl (C=O) groups excluding carboxylic acids is 1. The number of nitrogens with zero attached hydrogens (tertiary/aromatic N) is 4. The van der Waals surface area contributed by atoms with Gasteiger partial charge in [-0.25, -0.2) is 0 Å². The first-order valence-corrected chi connectivity index (χ1v) is 9.02.